The van der Waals surface area contributed by atoms with Crippen LogP contribution in [0.15, 0.2) is 0 Å². The van der Waals surface area contributed by atoms with E-state index in [1.165, 1.54) is 0 Å². The third-order valence-electron chi connectivity index (χ3n) is 1.90. The van der Waals surface area contributed by atoms with Crippen LogP contribution in [0, 0.1) is 11.8 Å². The van der Waals surface area contributed by atoms with E-state index in [-0.39, 0.29) is 5.91 Å². The van der Waals surface area contributed by atoms with Crippen LogP contribution in [0.5, 0.6) is 0 Å². The van der Waals surface area contributed by atoms with Gasteiger partial charge in [-0.25, -0.2) is 0 Å². The zero-order chi connectivity index (χ0) is 11.0. The van der Waals surface area contributed by atoms with Gasteiger partial charge in [-0.1, -0.05) is 6.92 Å². The van der Waals surface area contributed by atoms with E-state index < -0.39 is 5.54 Å². The summed E-state index contributed by atoms with van der Waals surface area (Å²) in [5.74, 6) is 5.72. The number of rotatable bonds is 5. The Balaban J connectivity index is 3.86. The largest absolute Gasteiger partial charge is 0.354 e. The zero-order valence-electron chi connectivity index (χ0n) is 9.53. The van der Waals surface area contributed by atoms with Crippen LogP contribution in [0.3, 0.4) is 0 Å². The van der Waals surface area contributed by atoms with E-state index in [2.05, 4.69) is 22.5 Å². The summed E-state index contributed by atoms with van der Waals surface area (Å²) < 4.78 is 0. The molecule has 0 aromatic rings. The highest BCUT2D eigenvalue weighted by atomic mass is 16.2. The minimum absolute atomic E-state index is 0.0252. The molecule has 0 heterocycles. The Morgan fingerprint density at radius 3 is 2.57 bits per heavy atom. The second-order valence-corrected chi connectivity index (χ2v) is 3.59. The van der Waals surface area contributed by atoms with Gasteiger partial charge in [0.05, 0.1) is 5.54 Å². The van der Waals surface area contributed by atoms with Gasteiger partial charge in [0.15, 0.2) is 0 Å². The first-order valence-corrected chi connectivity index (χ1v) is 4.97. The van der Waals surface area contributed by atoms with Crippen LogP contribution in [0.25, 0.3) is 0 Å². The first kappa shape index (κ1) is 13.0. The van der Waals surface area contributed by atoms with Crippen LogP contribution in [0.1, 0.15) is 34.1 Å². The standard InChI is InChI=1S/C11H20N2O/c1-5-7-8-9-12-10(14)11(3,4)13-6-2/h13H,6,8-9H2,1-4H3,(H,12,14). The Morgan fingerprint density at radius 1 is 1.43 bits per heavy atom. The third kappa shape index (κ3) is 4.88. The van der Waals surface area contributed by atoms with Crippen LogP contribution >= 0.6 is 0 Å². The van der Waals surface area contributed by atoms with Crippen molar-refractivity contribution < 1.29 is 4.79 Å². The molecule has 0 rings (SSSR count). The van der Waals surface area contributed by atoms with Gasteiger partial charge < -0.3 is 10.6 Å². The summed E-state index contributed by atoms with van der Waals surface area (Å²) in [6.07, 6.45) is 0.713. The number of hydrogen-bond acceptors (Lipinski definition) is 2. The fourth-order valence-corrected chi connectivity index (χ4v) is 1.11. The number of likely N-dealkylation sites (N-methyl/N-ethyl adjacent to an activating group) is 1. The zero-order valence-corrected chi connectivity index (χ0v) is 9.53. The number of carbonyl (C=O) groups excluding carboxylic acids is 1. The average Bonchev–Trinajstić information content (AvgIpc) is 2.12. The van der Waals surface area contributed by atoms with Gasteiger partial charge in [0.25, 0.3) is 0 Å². The van der Waals surface area contributed by atoms with Crippen molar-refractivity contribution in [1.82, 2.24) is 10.6 Å². The molecule has 0 fully saturated rings. The number of carbonyl (C=O) groups is 1. The molecule has 0 aliphatic rings. The molecular weight excluding hydrogens is 176 g/mol. The second-order valence-electron chi connectivity index (χ2n) is 3.59. The molecule has 0 aliphatic heterocycles. The molecule has 0 bridgehead atoms. The molecule has 0 aromatic heterocycles. The molecule has 1 amide bonds. The van der Waals surface area contributed by atoms with Crippen molar-refractivity contribution in [3.63, 3.8) is 0 Å². The summed E-state index contributed by atoms with van der Waals surface area (Å²) in [7, 11) is 0. The van der Waals surface area contributed by atoms with E-state index in [1.54, 1.807) is 6.92 Å². The maximum atomic E-state index is 11.6. The van der Waals surface area contributed by atoms with Crippen molar-refractivity contribution in [2.75, 3.05) is 13.1 Å². The lowest BCUT2D eigenvalue weighted by Crippen LogP contribution is -2.52. The van der Waals surface area contributed by atoms with Gasteiger partial charge in [-0.3, -0.25) is 4.79 Å². The maximum Gasteiger partial charge on any atom is 0.239 e. The minimum atomic E-state index is -0.492. The molecule has 14 heavy (non-hydrogen) atoms. The molecule has 0 radical (unpaired) electrons. The molecule has 0 atom stereocenters. The predicted molar refractivity (Wildman–Crippen MR) is 58.8 cm³/mol. The predicted octanol–water partition coefficient (Wildman–Crippen LogP) is 0.904. The molecule has 0 aromatic carbocycles. The molecule has 80 valence electrons. The molecular formula is C11H20N2O. The van der Waals surface area contributed by atoms with Crippen LogP contribution in [0.2, 0.25) is 0 Å². The summed E-state index contributed by atoms with van der Waals surface area (Å²) in [6.45, 7) is 8.93. The van der Waals surface area contributed by atoms with Crippen molar-refractivity contribution in [1.29, 1.82) is 0 Å². The van der Waals surface area contributed by atoms with Gasteiger partial charge in [0.1, 0.15) is 0 Å². The van der Waals surface area contributed by atoms with Crippen LogP contribution < -0.4 is 10.6 Å². The lowest BCUT2D eigenvalue weighted by molar-refractivity contribution is -0.126. The van der Waals surface area contributed by atoms with E-state index in [9.17, 15) is 4.79 Å². The summed E-state index contributed by atoms with van der Waals surface area (Å²) in [6, 6.07) is 0. The number of amides is 1. The monoisotopic (exact) mass is 196 g/mol. The summed E-state index contributed by atoms with van der Waals surface area (Å²) in [4.78, 5) is 11.6. The normalized spacial score (nSPS) is 10.3. The summed E-state index contributed by atoms with van der Waals surface area (Å²) in [5, 5.41) is 5.95. The van der Waals surface area contributed by atoms with Crippen molar-refractivity contribution in [3.05, 3.63) is 0 Å². The molecule has 0 saturated carbocycles. The van der Waals surface area contributed by atoms with Gasteiger partial charge in [0.2, 0.25) is 5.91 Å². The SMILES string of the molecule is CC#CCCNC(=O)C(C)(C)NCC. The second kappa shape index (κ2) is 6.44. The first-order valence-electron chi connectivity index (χ1n) is 4.97. The Labute approximate surface area is 86.6 Å². The Hall–Kier alpha value is -1.01. The van der Waals surface area contributed by atoms with Crippen molar-refractivity contribution >= 4 is 5.91 Å². The molecule has 0 unspecified atom stereocenters. The molecule has 3 heteroatoms. The molecule has 0 aliphatic carbocycles. The van der Waals surface area contributed by atoms with Crippen molar-refractivity contribution in [2.24, 2.45) is 0 Å². The van der Waals surface area contributed by atoms with Crippen LogP contribution in [-0.4, -0.2) is 24.5 Å². The quantitative estimate of drug-likeness (QED) is 0.507. The third-order valence-corrected chi connectivity index (χ3v) is 1.90. The fourth-order valence-electron chi connectivity index (χ4n) is 1.11. The van der Waals surface area contributed by atoms with E-state index in [0.717, 1.165) is 6.54 Å². The topological polar surface area (TPSA) is 41.1 Å². The maximum absolute atomic E-state index is 11.6. The van der Waals surface area contributed by atoms with E-state index in [0.29, 0.717) is 13.0 Å². The van der Waals surface area contributed by atoms with Gasteiger partial charge in [0, 0.05) is 13.0 Å². The van der Waals surface area contributed by atoms with E-state index >= 15 is 0 Å². The first-order chi connectivity index (χ1) is 6.54. The van der Waals surface area contributed by atoms with Crippen molar-refractivity contribution in [3.8, 4) is 11.8 Å². The number of hydrogen-bond donors (Lipinski definition) is 2. The van der Waals surface area contributed by atoms with Gasteiger partial charge in [-0.15, -0.1) is 11.8 Å². The Kier molecular flexibility index (Phi) is 5.98. The molecule has 0 spiro atoms. The Bertz CT molecular complexity index is 235. The highest BCUT2D eigenvalue weighted by Crippen LogP contribution is 2.00. The molecule has 2 N–H and O–H groups in total. The summed E-state index contributed by atoms with van der Waals surface area (Å²) in [5.41, 5.74) is -0.492. The smallest absolute Gasteiger partial charge is 0.239 e. The van der Waals surface area contributed by atoms with E-state index in [4.69, 9.17) is 0 Å². The van der Waals surface area contributed by atoms with Gasteiger partial charge in [-0.2, -0.15) is 0 Å². The van der Waals surface area contributed by atoms with Crippen molar-refractivity contribution in [2.45, 2.75) is 39.7 Å². The fraction of sp³-hybridized carbons (Fsp3) is 0.727. The lowest BCUT2D eigenvalue weighted by Gasteiger charge is -2.24. The van der Waals surface area contributed by atoms with Crippen LogP contribution in [0.4, 0.5) is 0 Å². The van der Waals surface area contributed by atoms with Gasteiger partial charge in [-0.05, 0) is 27.3 Å². The Morgan fingerprint density at radius 2 is 2.07 bits per heavy atom. The van der Waals surface area contributed by atoms with Gasteiger partial charge >= 0.3 is 0 Å². The average molecular weight is 196 g/mol. The highest BCUT2D eigenvalue weighted by Gasteiger charge is 2.25. The molecule has 3 nitrogen and oxygen atoms in total. The summed E-state index contributed by atoms with van der Waals surface area (Å²) >= 11 is 0. The lowest BCUT2D eigenvalue weighted by atomic mass is 10.0. The minimum Gasteiger partial charge on any atom is -0.354 e. The molecule has 0 saturated heterocycles. The van der Waals surface area contributed by atoms with E-state index in [1.807, 2.05) is 20.8 Å². The highest BCUT2D eigenvalue weighted by molar-refractivity contribution is 5.85. The van der Waals surface area contributed by atoms with Crippen LogP contribution in [-0.2, 0) is 4.79 Å². The number of nitrogens with one attached hydrogen (secondary N) is 2.